The van der Waals surface area contributed by atoms with E-state index in [2.05, 4.69) is 36.4 Å². The highest BCUT2D eigenvalue weighted by Gasteiger charge is 2.17. The Morgan fingerprint density at radius 2 is 1.89 bits per heavy atom. The normalized spacial score (nSPS) is 13.6. The number of aromatic nitrogens is 4. The summed E-state index contributed by atoms with van der Waals surface area (Å²) in [7, 11) is 0. The Labute approximate surface area is 218 Å². The maximum atomic E-state index is 13.5. The first kappa shape index (κ1) is 23.7. The molecule has 0 radical (unpaired) electrons. The summed E-state index contributed by atoms with van der Waals surface area (Å²) in [6.45, 7) is 3.07. The highest BCUT2D eigenvalue weighted by Crippen LogP contribution is 2.28. The van der Waals surface area contributed by atoms with Gasteiger partial charge in [-0.05, 0) is 53.6 Å². The third-order valence-electron chi connectivity index (χ3n) is 6.57. The van der Waals surface area contributed by atoms with E-state index in [1.807, 2.05) is 42.7 Å². The minimum absolute atomic E-state index is 0.276. The van der Waals surface area contributed by atoms with Gasteiger partial charge < -0.3 is 15.0 Å². The number of nitrogens with zero attached hydrogens (tertiary/aromatic N) is 4. The van der Waals surface area contributed by atoms with E-state index in [1.54, 1.807) is 18.3 Å². The molecule has 5 aromatic rings. The minimum Gasteiger partial charge on any atom is -0.378 e. The van der Waals surface area contributed by atoms with Crippen molar-refractivity contribution in [3.05, 3.63) is 102 Å². The van der Waals surface area contributed by atoms with Crippen molar-refractivity contribution >= 4 is 28.2 Å². The van der Waals surface area contributed by atoms with Crippen molar-refractivity contribution in [1.29, 1.82) is 0 Å². The molecule has 0 spiro atoms. The SMILES string of the molecule is O=C(Nc1ccc(Cc2cccc(F)c2)nc1)c1n[nH]c2ccc(-c3cncc(N4CCOCC4)c3)cc12. The largest absolute Gasteiger partial charge is 0.378 e. The molecule has 8 nitrogen and oxygen atoms in total. The molecule has 190 valence electrons. The highest BCUT2D eigenvalue weighted by atomic mass is 19.1. The fourth-order valence-electron chi connectivity index (χ4n) is 4.60. The van der Waals surface area contributed by atoms with Crippen LogP contribution in [0.25, 0.3) is 22.0 Å². The van der Waals surface area contributed by atoms with Crippen LogP contribution in [0.4, 0.5) is 15.8 Å². The van der Waals surface area contributed by atoms with Crippen LogP contribution in [0.2, 0.25) is 0 Å². The second kappa shape index (κ2) is 10.4. The summed E-state index contributed by atoms with van der Waals surface area (Å²) in [6.07, 6.45) is 5.78. The molecule has 2 N–H and O–H groups in total. The summed E-state index contributed by atoms with van der Waals surface area (Å²) in [5.74, 6) is -0.616. The Balaban J connectivity index is 1.20. The lowest BCUT2D eigenvalue weighted by Gasteiger charge is -2.28. The standard InChI is InChI=1S/C29H25FN6O2/c30-22-3-1-2-19(12-22)13-23-5-6-24(17-32-23)33-29(37)28-26-15-20(4-7-27(26)34-35-28)21-14-25(18-31-16-21)36-8-10-38-11-9-36/h1-7,12,14-18H,8-11,13H2,(H,33,37)(H,34,35). The van der Waals surface area contributed by atoms with Gasteiger partial charge in [0.2, 0.25) is 0 Å². The van der Waals surface area contributed by atoms with Gasteiger partial charge in [0.15, 0.2) is 5.69 Å². The zero-order valence-corrected chi connectivity index (χ0v) is 20.5. The quantitative estimate of drug-likeness (QED) is 0.341. The zero-order valence-electron chi connectivity index (χ0n) is 20.5. The van der Waals surface area contributed by atoms with E-state index in [0.29, 0.717) is 36.4 Å². The van der Waals surface area contributed by atoms with Crippen LogP contribution in [0.5, 0.6) is 0 Å². The zero-order chi connectivity index (χ0) is 25.9. The molecule has 0 unspecified atom stereocenters. The van der Waals surface area contributed by atoms with E-state index in [0.717, 1.165) is 46.7 Å². The smallest absolute Gasteiger partial charge is 0.276 e. The number of anilines is 2. The third-order valence-corrected chi connectivity index (χ3v) is 6.57. The number of morpholine rings is 1. The fourth-order valence-corrected chi connectivity index (χ4v) is 4.60. The lowest BCUT2D eigenvalue weighted by atomic mass is 10.0. The van der Waals surface area contributed by atoms with Crippen molar-refractivity contribution in [2.75, 3.05) is 36.5 Å². The fraction of sp³-hybridized carbons (Fsp3) is 0.172. The molecule has 2 aromatic carbocycles. The van der Waals surface area contributed by atoms with E-state index >= 15 is 0 Å². The molecule has 1 fully saturated rings. The first-order valence-electron chi connectivity index (χ1n) is 12.4. The van der Waals surface area contributed by atoms with Crippen molar-refractivity contribution in [2.24, 2.45) is 0 Å². The molecule has 1 saturated heterocycles. The molecule has 0 saturated carbocycles. The number of amides is 1. The second-order valence-corrected chi connectivity index (χ2v) is 9.16. The molecule has 0 atom stereocenters. The molecule has 0 bridgehead atoms. The van der Waals surface area contributed by atoms with Gasteiger partial charge in [-0.2, -0.15) is 5.10 Å². The van der Waals surface area contributed by atoms with Crippen LogP contribution < -0.4 is 10.2 Å². The first-order chi connectivity index (χ1) is 18.6. The first-order valence-corrected chi connectivity index (χ1v) is 12.4. The minimum atomic E-state index is -0.340. The molecule has 9 heteroatoms. The number of hydrogen-bond acceptors (Lipinski definition) is 6. The number of halogens is 1. The number of fused-ring (bicyclic) bond motifs is 1. The van der Waals surface area contributed by atoms with Crippen LogP contribution >= 0.6 is 0 Å². The van der Waals surface area contributed by atoms with Crippen LogP contribution in [-0.2, 0) is 11.2 Å². The van der Waals surface area contributed by atoms with Gasteiger partial charge in [-0.15, -0.1) is 0 Å². The Kier molecular flexibility index (Phi) is 6.49. The van der Waals surface area contributed by atoms with Crippen LogP contribution in [0.15, 0.2) is 79.3 Å². The summed E-state index contributed by atoms with van der Waals surface area (Å²) >= 11 is 0. The summed E-state index contributed by atoms with van der Waals surface area (Å²) < 4.78 is 18.9. The molecule has 38 heavy (non-hydrogen) atoms. The van der Waals surface area contributed by atoms with Crippen LogP contribution in [0, 0.1) is 5.82 Å². The van der Waals surface area contributed by atoms with Crippen molar-refractivity contribution in [3.8, 4) is 11.1 Å². The number of rotatable bonds is 6. The van der Waals surface area contributed by atoms with Crippen molar-refractivity contribution in [3.63, 3.8) is 0 Å². The molecule has 1 amide bonds. The molecular weight excluding hydrogens is 483 g/mol. The van der Waals surface area contributed by atoms with Gasteiger partial charge >= 0.3 is 0 Å². The average Bonchev–Trinajstić information content (AvgIpc) is 3.38. The lowest BCUT2D eigenvalue weighted by molar-refractivity contribution is 0.102. The molecule has 6 rings (SSSR count). The van der Waals surface area contributed by atoms with Gasteiger partial charge in [0, 0.05) is 42.4 Å². The summed E-state index contributed by atoms with van der Waals surface area (Å²) in [5, 5.41) is 10.8. The number of aromatic amines is 1. The van der Waals surface area contributed by atoms with Gasteiger partial charge in [0.25, 0.3) is 5.91 Å². The summed E-state index contributed by atoms with van der Waals surface area (Å²) in [5.41, 5.74) is 6.16. The lowest BCUT2D eigenvalue weighted by Crippen LogP contribution is -2.36. The second-order valence-electron chi connectivity index (χ2n) is 9.16. The van der Waals surface area contributed by atoms with Crippen molar-refractivity contribution in [1.82, 2.24) is 20.2 Å². The van der Waals surface area contributed by atoms with Gasteiger partial charge in [0.1, 0.15) is 5.82 Å². The molecule has 1 aliphatic heterocycles. The van der Waals surface area contributed by atoms with E-state index in [9.17, 15) is 9.18 Å². The average molecular weight is 509 g/mol. The predicted molar refractivity (Wildman–Crippen MR) is 144 cm³/mol. The maximum Gasteiger partial charge on any atom is 0.276 e. The number of ether oxygens (including phenoxy) is 1. The molecule has 3 aromatic heterocycles. The molecule has 4 heterocycles. The Morgan fingerprint density at radius 3 is 2.71 bits per heavy atom. The Morgan fingerprint density at radius 1 is 1.00 bits per heavy atom. The van der Waals surface area contributed by atoms with Crippen LogP contribution in [-0.4, -0.2) is 52.4 Å². The van der Waals surface area contributed by atoms with E-state index in [1.165, 1.54) is 12.1 Å². The van der Waals surface area contributed by atoms with E-state index < -0.39 is 0 Å². The van der Waals surface area contributed by atoms with E-state index in [4.69, 9.17) is 4.74 Å². The van der Waals surface area contributed by atoms with Gasteiger partial charge in [-0.3, -0.25) is 19.9 Å². The third kappa shape index (κ3) is 5.09. The monoisotopic (exact) mass is 508 g/mol. The van der Waals surface area contributed by atoms with Gasteiger partial charge in [-0.1, -0.05) is 18.2 Å². The molecule has 0 aliphatic carbocycles. The van der Waals surface area contributed by atoms with Gasteiger partial charge in [0.05, 0.1) is 42.5 Å². The number of pyridine rings is 2. The maximum absolute atomic E-state index is 13.5. The molecular formula is C29H25FN6O2. The number of carbonyl (C=O) groups excluding carboxylic acids is 1. The van der Waals surface area contributed by atoms with Gasteiger partial charge in [-0.25, -0.2) is 4.39 Å². The van der Waals surface area contributed by atoms with E-state index in [-0.39, 0.29) is 11.7 Å². The van der Waals surface area contributed by atoms with Crippen LogP contribution in [0.3, 0.4) is 0 Å². The Bertz CT molecular complexity index is 1590. The predicted octanol–water partition coefficient (Wildman–Crippen LogP) is 4.84. The number of H-pyrrole nitrogens is 1. The number of benzene rings is 2. The topological polar surface area (TPSA) is 96.0 Å². The highest BCUT2D eigenvalue weighted by molar-refractivity contribution is 6.11. The van der Waals surface area contributed by atoms with Crippen molar-refractivity contribution < 1.29 is 13.9 Å². The van der Waals surface area contributed by atoms with Crippen molar-refractivity contribution in [2.45, 2.75) is 6.42 Å². The summed E-state index contributed by atoms with van der Waals surface area (Å²) in [4.78, 5) is 24.2. The number of nitrogens with one attached hydrogen (secondary N) is 2. The summed E-state index contributed by atoms with van der Waals surface area (Å²) in [6, 6.07) is 18.0. The number of hydrogen-bond donors (Lipinski definition) is 2. The molecule has 1 aliphatic rings. The van der Waals surface area contributed by atoms with Crippen LogP contribution in [0.1, 0.15) is 21.7 Å². The number of carbonyl (C=O) groups is 1. The Hall–Kier alpha value is -4.63.